The second-order valence-electron chi connectivity index (χ2n) is 8.09. The highest BCUT2D eigenvalue weighted by Gasteiger charge is 2.76. The fraction of sp³-hybridized carbons (Fsp3) is 0.765. The van der Waals surface area contributed by atoms with Gasteiger partial charge in [-0.2, -0.15) is 0 Å². The Morgan fingerprint density at radius 3 is 2.29 bits per heavy atom. The van der Waals surface area contributed by atoms with Gasteiger partial charge in [-0.3, -0.25) is 9.59 Å². The number of rotatable bonds is 2. The second-order valence-corrected chi connectivity index (χ2v) is 8.09. The van der Waals surface area contributed by atoms with Crippen LogP contribution in [0.15, 0.2) is 12.2 Å². The van der Waals surface area contributed by atoms with Crippen molar-refractivity contribution >= 4 is 11.9 Å². The largest absolute Gasteiger partial charge is 0.480 e. The van der Waals surface area contributed by atoms with E-state index in [9.17, 15) is 19.8 Å². The molecule has 4 atom stereocenters. The molecule has 3 rings (SSSR count). The Hall–Kier alpha value is -1.32. The molecule has 1 spiro atoms. The molecule has 3 fully saturated rings. The number of carbonyl (C=O) groups is 2. The molecule has 0 heterocycles. The van der Waals surface area contributed by atoms with Crippen LogP contribution in [0.3, 0.4) is 0 Å². The molecule has 0 aromatic carbocycles. The third-order valence-electron chi connectivity index (χ3n) is 7.07. The lowest BCUT2D eigenvalue weighted by molar-refractivity contribution is -0.172. The molecule has 0 aliphatic heterocycles. The highest BCUT2D eigenvalue weighted by Crippen LogP contribution is 2.76. The summed E-state index contributed by atoms with van der Waals surface area (Å²) in [5.74, 6) is -2.25. The van der Waals surface area contributed by atoms with Gasteiger partial charge in [0, 0.05) is 0 Å². The maximum absolute atomic E-state index is 12.0. The summed E-state index contributed by atoms with van der Waals surface area (Å²) in [7, 11) is 0. The zero-order valence-electron chi connectivity index (χ0n) is 13.0. The molecular formula is C17H24O4. The molecule has 0 aromatic heterocycles. The Morgan fingerprint density at radius 1 is 1.19 bits per heavy atom. The monoisotopic (exact) mass is 292 g/mol. The van der Waals surface area contributed by atoms with Crippen molar-refractivity contribution in [1.82, 2.24) is 0 Å². The molecule has 4 unspecified atom stereocenters. The average Bonchev–Trinajstić information content (AvgIpc) is 2.74. The fourth-order valence-corrected chi connectivity index (χ4v) is 6.36. The van der Waals surface area contributed by atoms with Gasteiger partial charge < -0.3 is 10.2 Å². The summed E-state index contributed by atoms with van der Waals surface area (Å²) in [5, 5.41) is 19.6. The van der Waals surface area contributed by atoms with Crippen LogP contribution in [0.1, 0.15) is 46.5 Å². The first kappa shape index (κ1) is 14.6. The first-order valence-electron chi connectivity index (χ1n) is 7.75. The summed E-state index contributed by atoms with van der Waals surface area (Å²) >= 11 is 0. The van der Waals surface area contributed by atoms with Crippen LogP contribution in [-0.2, 0) is 9.59 Å². The fourth-order valence-electron chi connectivity index (χ4n) is 6.36. The summed E-state index contributed by atoms with van der Waals surface area (Å²) in [6, 6.07) is 0. The lowest BCUT2D eigenvalue weighted by Gasteiger charge is -2.41. The molecule has 3 aliphatic carbocycles. The predicted octanol–water partition coefficient (Wildman–Crippen LogP) is 3.18. The van der Waals surface area contributed by atoms with E-state index >= 15 is 0 Å². The second kappa shape index (κ2) is 3.90. The van der Waals surface area contributed by atoms with Gasteiger partial charge in [-0.15, -0.1) is 0 Å². The SMILES string of the molecule is C=C1CCC23CC1C(C)(C)C2C(C(=O)O)(C(=O)O)CC3C. The van der Waals surface area contributed by atoms with Crippen molar-refractivity contribution in [2.45, 2.75) is 46.5 Å². The first-order valence-corrected chi connectivity index (χ1v) is 7.75. The molecule has 2 bridgehead atoms. The topological polar surface area (TPSA) is 74.6 Å². The lowest BCUT2D eigenvalue weighted by atomic mass is 9.61. The Morgan fingerprint density at radius 2 is 1.76 bits per heavy atom. The van der Waals surface area contributed by atoms with Crippen LogP contribution >= 0.6 is 0 Å². The van der Waals surface area contributed by atoms with Gasteiger partial charge in [-0.05, 0) is 54.3 Å². The number of hydrogen-bond acceptors (Lipinski definition) is 2. The van der Waals surface area contributed by atoms with Crippen molar-refractivity contribution in [3.8, 4) is 0 Å². The number of fused-ring (bicyclic) bond motifs is 1. The molecule has 2 N–H and O–H groups in total. The van der Waals surface area contributed by atoms with Crippen molar-refractivity contribution in [2.75, 3.05) is 0 Å². The van der Waals surface area contributed by atoms with E-state index in [2.05, 4.69) is 20.4 Å². The normalized spacial score (nSPS) is 42.6. The highest BCUT2D eigenvalue weighted by atomic mass is 16.4. The van der Waals surface area contributed by atoms with Crippen molar-refractivity contribution in [3.05, 3.63) is 12.2 Å². The van der Waals surface area contributed by atoms with Crippen LogP contribution in [-0.4, -0.2) is 22.2 Å². The zero-order valence-corrected chi connectivity index (χ0v) is 13.0. The van der Waals surface area contributed by atoms with Crippen molar-refractivity contribution in [2.24, 2.45) is 34.0 Å². The van der Waals surface area contributed by atoms with Crippen molar-refractivity contribution in [1.29, 1.82) is 0 Å². The summed E-state index contributed by atoms with van der Waals surface area (Å²) in [4.78, 5) is 24.0. The van der Waals surface area contributed by atoms with Gasteiger partial charge in [0.15, 0.2) is 5.41 Å². The molecule has 21 heavy (non-hydrogen) atoms. The van der Waals surface area contributed by atoms with Crippen molar-refractivity contribution < 1.29 is 19.8 Å². The minimum Gasteiger partial charge on any atom is -0.480 e. The van der Waals surface area contributed by atoms with Crippen LogP contribution in [0, 0.1) is 34.0 Å². The molecule has 4 heteroatoms. The number of aliphatic carboxylic acids is 2. The van der Waals surface area contributed by atoms with E-state index in [1.165, 1.54) is 5.57 Å². The number of carboxylic acid groups (broad SMARTS) is 2. The van der Waals surface area contributed by atoms with Gasteiger partial charge in [0.25, 0.3) is 0 Å². The third-order valence-corrected chi connectivity index (χ3v) is 7.07. The molecule has 3 aliphatic rings. The maximum atomic E-state index is 12.0. The standard InChI is InChI=1S/C17H24O4/c1-9-5-6-16-8-11(9)15(3,4)12(16)17(13(18)19,14(20)21)7-10(16)2/h10-12H,1,5-8H2,2-4H3,(H,18,19)(H,20,21). The van der Waals surface area contributed by atoms with Crippen molar-refractivity contribution in [3.63, 3.8) is 0 Å². The smallest absolute Gasteiger partial charge is 0.321 e. The Labute approximate surface area is 125 Å². The van der Waals surface area contributed by atoms with Gasteiger partial charge >= 0.3 is 11.9 Å². The minimum atomic E-state index is -1.64. The lowest BCUT2D eigenvalue weighted by Crippen LogP contribution is -2.49. The van der Waals surface area contributed by atoms with E-state index < -0.39 is 17.4 Å². The van der Waals surface area contributed by atoms with E-state index in [4.69, 9.17) is 0 Å². The van der Waals surface area contributed by atoms with E-state index in [0.29, 0.717) is 0 Å². The minimum absolute atomic E-state index is 0.132. The maximum Gasteiger partial charge on any atom is 0.321 e. The molecule has 116 valence electrons. The summed E-state index contributed by atoms with van der Waals surface area (Å²) in [5.41, 5.74) is -0.930. The summed E-state index contributed by atoms with van der Waals surface area (Å²) in [6.45, 7) is 10.3. The average molecular weight is 292 g/mol. The van der Waals surface area contributed by atoms with Gasteiger partial charge in [0.1, 0.15) is 0 Å². The van der Waals surface area contributed by atoms with Gasteiger partial charge in [0.05, 0.1) is 0 Å². The Kier molecular flexibility index (Phi) is 2.72. The number of carboxylic acids is 2. The number of hydrogen-bond donors (Lipinski definition) is 2. The van der Waals surface area contributed by atoms with Gasteiger partial charge in [-0.1, -0.05) is 32.9 Å². The van der Waals surface area contributed by atoms with Crippen LogP contribution in [0.25, 0.3) is 0 Å². The van der Waals surface area contributed by atoms with Gasteiger partial charge in [-0.25, -0.2) is 0 Å². The van der Waals surface area contributed by atoms with Crippen LogP contribution in [0.5, 0.6) is 0 Å². The van der Waals surface area contributed by atoms with Crippen LogP contribution in [0.4, 0.5) is 0 Å². The summed E-state index contributed by atoms with van der Waals surface area (Å²) < 4.78 is 0. The molecule has 0 radical (unpaired) electrons. The quantitative estimate of drug-likeness (QED) is 0.605. The van der Waals surface area contributed by atoms with Gasteiger partial charge in [0.2, 0.25) is 0 Å². The molecule has 3 saturated carbocycles. The predicted molar refractivity (Wildman–Crippen MR) is 77.7 cm³/mol. The third kappa shape index (κ3) is 1.41. The zero-order chi connectivity index (χ0) is 15.8. The Balaban J connectivity index is 2.25. The molecule has 0 aromatic rings. The highest BCUT2D eigenvalue weighted by molar-refractivity contribution is 5.99. The number of allylic oxidation sites excluding steroid dienone is 1. The van der Waals surface area contributed by atoms with E-state index in [1.54, 1.807) is 0 Å². The molecule has 0 amide bonds. The Bertz CT molecular complexity index is 533. The van der Waals surface area contributed by atoms with E-state index in [0.717, 1.165) is 19.3 Å². The van der Waals surface area contributed by atoms with E-state index in [-0.39, 0.29) is 35.0 Å². The molecule has 4 nitrogen and oxygen atoms in total. The molecule has 0 saturated heterocycles. The van der Waals surface area contributed by atoms with E-state index in [1.807, 2.05) is 6.92 Å². The first-order chi connectivity index (χ1) is 9.60. The van der Waals surface area contributed by atoms with Crippen LogP contribution in [0.2, 0.25) is 0 Å². The molecular weight excluding hydrogens is 268 g/mol. The summed E-state index contributed by atoms with van der Waals surface area (Å²) in [6.07, 6.45) is 2.96. The van der Waals surface area contributed by atoms with Crippen LogP contribution < -0.4 is 0 Å².